The normalized spacial score (nSPS) is 12.6. The average molecular weight is 356 g/mol. The molecule has 1 nitrogen and oxygen atoms in total. The molecular weight excluding hydrogens is 347 g/mol. The monoisotopic (exact) mass is 356 g/mol. The number of hydrogen-bond acceptors (Lipinski definition) is 1. The molecule has 0 atom stereocenters. The van der Waals surface area contributed by atoms with Crippen molar-refractivity contribution >= 4 is 39.1 Å². The molecule has 0 spiro atoms. The number of fused-ring (bicyclic) bond motifs is 5. The van der Waals surface area contributed by atoms with Gasteiger partial charge in [-0.05, 0) is 45.0 Å². The van der Waals surface area contributed by atoms with E-state index in [-0.39, 0.29) is 5.78 Å². The van der Waals surface area contributed by atoms with Crippen LogP contribution in [0.1, 0.15) is 15.9 Å². The Labute approximate surface area is 124 Å². The van der Waals surface area contributed by atoms with Crippen molar-refractivity contribution in [1.82, 2.24) is 0 Å². The topological polar surface area (TPSA) is 17.1 Å². The zero-order chi connectivity index (χ0) is 13.0. The summed E-state index contributed by atoms with van der Waals surface area (Å²) in [6, 6.07) is 18.2. The summed E-state index contributed by atoms with van der Waals surface area (Å²) in [6.45, 7) is 0. The van der Waals surface area contributed by atoms with Crippen LogP contribution in [0.3, 0.4) is 0 Å². The molecular formula is C17H9IO. The molecule has 90 valence electrons. The van der Waals surface area contributed by atoms with Gasteiger partial charge < -0.3 is 0 Å². The average Bonchev–Trinajstić information content (AvgIpc) is 2.73. The number of rotatable bonds is 0. The molecule has 0 amide bonds. The van der Waals surface area contributed by atoms with Crippen LogP contribution in [-0.4, -0.2) is 5.78 Å². The van der Waals surface area contributed by atoms with E-state index in [4.69, 9.17) is 0 Å². The Kier molecular flexibility index (Phi) is 2.30. The van der Waals surface area contributed by atoms with Crippen molar-refractivity contribution in [3.63, 3.8) is 0 Å². The van der Waals surface area contributed by atoms with Gasteiger partial charge in [-0.3, -0.25) is 4.79 Å². The number of halogens is 1. The van der Waals surface area contributed by atoms with Crippen LogP contribution in [0.4, 0.5) is 0 Å². The molecule has 1 aliphatic carbocycles. The molecule has 3 aromatic rings. The Bertz CT molecular complexity index is 849. The summed E-state index contributed by atoms with van der Waals surface area (Å²) in [7, 11) is 0. The summed E-state index contributed by atoms with van der Waals surface area (Å²) in [6.07, 6.45) is 0. The van der Waals surface area contributed by atoms with E-state index < -0.39 is 0 Å². The van der Waals surface area contributed by atoms with E-state index in [1.165, 1.54) is 10.8 Å². The quantitative estimate of drug-likeness (QED) is 0.419. The lowest BCUT2D eigenvalue weighted by Gasteiger charge is -2.07. The predicted molar refractivity (Wildman–Crippen MR) is 85.5 cm³/mol. The second kappa shape index (κ2) is 3.90. The Morgan fingerprint density at radius 1 is 0.737 bits per heavy atom. The fourth-order valence-corrected chi connectivity index (χ4v) is 3.63. The largest absolute Gasteiger partial charge is 0.289 e. The summed E-state index contributed by atoms with van der Waals surface area (Å²) in [5, 5.41) is 2.38. The second-order valence-electron chi connectivity index (χ2n) is 4.70. The van der Waals surface area contributed by atoms with E-state index in [9.17, 15) is 4.79 Å². The van der Waals surface area contributed by atoms with Gasteiger partial charge in [-0.1, -0.05) is 48.5 Å². The molecule has 0 radical (unpaired) electrons. The van der Waals surface area contributed by atoms with Crippen molar-refractivity contribution in [2.24, 2.45) is 0 Å². The molecule has 1 aliphatic rings. The standard InChI is InChI=1S/C17H9IO/c18-15-9-14-16(11-6-2-1-5-10(11)15)12-7-3-4-8-13(12)17(14)19/h1-9H. The zero-order valence-corrected chi connectivity index (χ0v) is 12.1. The number of ketones is 1. The van der Waals surface area contributed by atoms with E-state index >= 15 is 0 Å². The fraction of sp³-hybridized carbons (Fsp3) is 0. The summed E-state index contributed by atoms with van der Waals surface area (Å²) < 4.78 is 1.13. The number of hydrogen-bond donors (Lipinski definition) is 0. The molecule has 0 heterocycles. The molecule has 0 saturated carbocycles. The Morgan fingerprint density at radius 3 is 2.16 bits per heavy atom. The summed E-state index contributed by atoms with van der Waals surface area (Å²) in [5.74, 6) is 0.147. The predicted octanol–water partition coefficient (Wildman–Crippen LogP) is 4.66. The van der Waals surface area contributed by atoms with Crippen LogP contribution in [-0.2, 0) is 0 Å². The minimum Gasteiger partial charge on any atom is -0.289 e. The number of carbonyl (C=O) groups excluding carboxylic acids is 1. The third-order valence-corrected chi connectivity index (χ3v) is 4.57. The molecule has 0 N–H and O–H groups in total. The van der Waals surface area contributed by atoms with Crippen molar-refractivity contribution in [3.8, 4) is 11.1 Å². The maximum Gasteiger partial charge on any atom is 0.194 e. The van der Waals surface area contributed by atoms with Crippen LogP contribution in [0.2, 0.25) is 0 Å². The number of carbonyl (C=O) groups is 1. The van der Waals surface area contributed by atoms with Gasteiger partial charge in [0.05, 0.1) is 0 Å². The Morgan fingerprint density at radius 2 is 1.37 bits per heavy atom. The first kappa shape index (κ1) is 11.2. The van der Waals surface area contributed by atoms with E-state index in [0.717, 1.165) is 25.8 Å². The Balaban J connectivity index is 2.24. The highest BCUT2D eigenvalue weighted by atomic mass is 127. The van der Waals surface area contributed by atoms with Crippen molar-refractivity contribution in [2.45, 2.75) is 0 Å². The van der Waals surface area contributed by atoms with Crippen LogP contribution in [0, 0.1) is 3.57 Å². The zero-order valence-electron chi connectivity index (χ0n) is 9.98. The van der Waals surface area contributed by atoms with Gasteiger partial charge >= 0.3 is 0 Å². The van der Waals surface area contributed by atoms with Gasteiger partial charge in [0.2, 0.25) is 0 Å². The van der Waals surface area contributed by atoms with Crippen LogP contribution in [0.25, 0.3) is 21.9 Å². The molecule has 0 fully saturated rings. The highest BCUT2D eigenvalue weighted by Crippen LogP contribution is 2.42. The summed E-state index contributed by atoms with van der Waals surface area (Å²) >= 11 is 2.31. The first-order valence-electron chi connectivity index (χ1n) is 6.13. The maximum absolute atomic E-state index is 12.5. The van der Waals surface area contributed by atoms with Crippen molar-refractivity contribution in [3.05, 3.63) is 69.3 Å². The van der Waals surface area contributed by atoms with Gasteiger partial charge in [-0.25, -0.2) is 0 Å². The summed E-state index contributed by atoms with van der Waals surface area (Å²) in [4.78, 5) is 12.5. The van der Waals surface area contributed by atoms with Crippen LogP contribution in [0.15, 0.2) is 54.6 Å². The third kappa shape index (κ3) is 1.43. The fourth-order valence-electron chi connectivity index (χ4n) is 2.84. The van der Waals surface area contributed by atoms with E-state index in [1.807, 2.05) is 42.5 Å². The van der Waals surface area contributed by atoms with Gasteiger partial charge in [-0.2, -0.15) is 0 Å². The van der Waals surface area contributed by atoms with Crippen molar-refractivity contribution < 1.29 is 4.79 Å². The molecule has 0 saturated heterocycles. The van der Waals surface area contributed by atoms with E-state index in [0.29, 0.717) is 0 Å². The van der Waals surface area contributed by atoms with E-state index in [1.54, 1.807) is 0 Å². The van der Waals surface area contributed by atoms with Gasteiger partial charge in [0.15, 0.2) is 5.78 Å². The smallest absolute Gasteiger partial charge is 0.194 e. The van der Waals surface area contributed by atoms with Gasteiger partial charge in [0, 0.05) is 20.3 Å². The molecule has 2 heteroatoms. The molecule has 0 unspecified atom stereocenters. The molecule has 0 aromatic heterocycles. The molecule has 19 heavy (non-hydrogen) atoms. The van der Waals surface area contributed by atoms with Crippen LogP contribution >= 0.6 is 22.6 Å². The molecule has 0 aliphatic heterocycles. The highest BCUT2D eigenvalue weighted by molar-refractivity contribution is 14.1. The minimum absolute atomic E-state index is 0.147. The lowest BCUT2D eigenvalue weighted by molar-refractivity contribution is 0.104. The SMILES string of the molecule is O=C1c2ccccc2-c2c1cc(I)c1ccccc21. The van der Waals surface area contributed by atoms with Gasteiger partial charge in [0.25, 0.3) is 0 Å². The van der Waals surface area contributed by atoms with Gasteiger partial charge in [-0.15, -0.1) is 0 Å². The first-order valence-corrected chi connectivity index (χ1v) is 7.20. The molecule has 4 rings (SSSR count). The molecule has 0 bridgehead atoms. The maximum atomic E-state index is 12.5. The summed E-state index contributed by atoms with van der Waals surface area (Å²) in [5.41, 5.74) is 3.82. The van der Waals surface area contributed by atoms with E-state index in [2.05, 4.69) is 34.7 Å². The van der Waals surface area contributed by atoms with Gasteiger partial charge in [0.1, 0.15) is 0 Å². The highest BCUT2D eigenvalue weighted by Gasteiger charge is 2.28. The van der Waals surface area contributed by atoms with Crippen molar-refractivity contribution in [1.29, 1.82) is 0 Å². The second-order valence-corrected chi connectivity index (χ2v) is 5.86. The van der Waals surface area contributed by atoms with Crippen molar-refractivity contribution in [2.75, 3.05) is 0 Å². The molecule has 3 aromatic carbocycles. The van der Waals surface area contributed by atoms with Crippen LogP contribution in [0.5, 0.6) is 0 Å². The minimum atomic E-state index is 0.147. The van der Waals surface area contributed by atoms with Crippen LogP contribution < -0.4 is 0 Å². The number of benzene rings is 3. The Hall–Kier alpha value is -1.68. The lowest BCUT2D eigenvalue weighted by Crippen LogP contribution is -1.95. The first-order chi connectivity index (χ1) is 9.27. The lowest BCUT2D eigenvalue weighted by atomic mass is 9.98. The third-order valence-electron chi connectivity index (χ3n) is 3.68.